The third kappa shape index (κ3) is 1.88. The van der Waals surface area contributed by atoms with Crippen molar-refractivity contribution in [3.8, 4) is 0 Å². The number of imidazole rings is 1. The van der Waals surface area contributed by atoms with Gasteiger partial charge in [-0.15, -0.1) is 0 Å². The van der Waals surface area contributed by atoms with Crippen molar-refractivity contribution >= 4 is 17.1 Å². The van der Waals surface area contributed by atoms with Crippen LogP contribution in [0.3, 0.4) is 0 Å². The van der Waals surface area contributed by atoms with E-state index >= 15 is 0 Å². The molecule has 0 saturated heterocycles. The molecule has 6 heteroatoms. The van der Waals surface area contributed by atoms with Gasteiger partial charge in [0, 0.05) is 26.8 Å². The molecular weight excluding hydrogens is 218 g/mol. The fraction of sp³-hybridized carbons (Fsp3) is 0.636. The Hall–Kier alpha value is -1.56. The van der Waals surface area contributed by atoms with Gasteiger partial charge in [-0.05, 0) is 20.3 Å². The second-order valence-electron chi connectivity index (χ2n) is 4.35. The molecule has 94 valence electrons. The topological polar surface area (TPSA) is 70.9 Å². The fourth-order valence-corrected chi connectivity index (χ4v) is 2.16. The van der Waals surface area contributed by atoms with E-state index in [-0.39, 0.29) is 6.04 Å². The molecule has 0 saturated carbocycles. The first-order valence-corrected chi connectivity index (χ1v) is 5.72. The quantitative estimate of drug-likeness (QED) is 0.869. The molecule has 1 unspecified atom stereocenters. The zero-order chi connectivity index (χ0) is 12.6. The second-order valence-corrected chi connectivity index (χ2v) is 4.35. The lowest BCUT2D eigenvalue weighted by molar-refractivity contribution is 0.182. The lowest BCUT2D eigenvalue weighted by Gasteiger charge is -2.15. The van der Waals surface area contributed by atoms with Crippen LogP contribution in [0, 0.1) is 6.92 Å². The number of fused-ring (bicyclic) bond motifs is 1. The molecule has 0 fully saturated rings. The zero-order valence-electron chi connectivity index (χ0n) is 10.8. The van der Waals surface area contributed by atoms with E-state index in [1.807, 2.05) is 23.2 Å². The average molecular weight is 237 g/mol. The van der Waals surface area contributed by atoms with Crippen molar-refractivity contribution in [2.75, 3.05) is 19.5 Å². The summed E-state index contributed by atoms with van der Waals surface area (Å²) in [5, 5.41) is 4.36. The molecule has 2 aromatic rings. The summed E-state index contributed by atoms with van der Waals surface area (Å²) in [4.78, 5) is 4.38. The summed E-state index contributed by atoms with van der Waals surface area (Å²) in [6.45, 7) is 4.76. The molecule has 0 aliphatic heterocycles. The van der Waals surface area contributed by atoms with Crippen LogP contribution < -0.4 is 5.73 Å². The van der Waals surface area contributed by atoms with Crippen molar-refractivity contribution in [3.63, 3.8) is 0 Å². The summed E-state index contributed by atoms with van der Waals surface area (Å²) >= 11 is 0. The Morgan fingerprint density at radius 2 is 2.18 bits per heavy atom. The molecule has 17 heavy (non-hydrogen) atoms. The number of nitrogen functional groups attached to an aromatic ring is 1. The van der Waals surface area contributed by atoms with Gasteiger partial charge in [-0.3, -0.25) is 9.25 Å². The van der Waals surface area contributed by atoms with Crippen molar-refractivity contribution in [2.24, 2.45) is 7.05 Å². The van der Waals surface area contributed by atoms with Gasteiger partial charge in [0.2, 0.25) is 5.95 Å². The summed E-state index contributed by atoms with van der Waals surface area (Å²) in [6.07, 6.45) is 0.899. The molecule has 0 amide bonds. The van der Waals surface area contributed by atoms with Gasteiger partial charge in [-0.25, -0.2) is 4.98 Å². The molecule has 0 spiro atoms. The molecule has 0 aliphatic rings. The van der Waals surface area contributed by atoms with Gasteiger partial charge in [-0.1, -0.05) is 0 Å². The maximum absolute atomic E-state index is 5.98. The molecule has 0 radical (unpaired) electrons. The Bertz CT molecular complexity index is 527. The van der Waals surface area contributed by atoms with Crippen molar-refractivity contribution in [1.82, 2.24) is 19.3 Å². The van der Waals surface area contributed by atoms with Crippen LogP contribution in [-0.2, 0) is 11.8 Å². The van der Waals surface area contributed by atoms with Crippen LogP contribution in [0.2, 0.25) is 0 Å². The predicted octanol–water partition coefficient (Wildman–Crippen LogP) is 1.26. The number of ether oxygens (including phenoxy) is 1. The zero-order valence-corrected chi connectivity index (χ0v) is 10.8. The van der Waals surface area contributed by atoms with E-state index in [0.717, 1.165) is 23.3 Å². The van der Waals surface area contributed by atoms with E-state index in [1.165, 1.54) is 0 Å². The third-order valence-electron chi connectivity index (χ3n) is 3.04. The van der Waals surface area contributed by atoms with Gasteiger partial charge in [-0.2, -0.15) is 5.10 Å². The van der Waals surface area contributed by atoms with Gasteiger partial charge in [0.25, 0.3) is 0 Å². The minimum atomic E-state index is 0.245. The molecule has 2 N–H and O–H groups in total. The molecular formula is C11H19N5O. The molecule has 0 bridgehead atoms. The molecule has 2 rings (SSSR count). The lowest BCUT2D eigenvalue weighted by Crippen LogP contribution is -2.13. The SMILES string of the molecule is COCCC(C)n1c(N)nc2c(C)nn(C)c21. The van der Waals surface area contributed by atoms with Crippen LogP contribution in [0.15, 0.2) is 0 Å². The van der Waals surface area contributed by atoms with Gasteiger partial charge >= 0.3 is 0 Å². The standard InChI is InChI=1S/C11H19N5O/c1-7(5-6-17-4)16-10-9(13-11(16)12)8(2)14-15(10)3/h7H,5-6H2,1-4H3,(H2,12,13). The maximum atomic E-state index is 5.98. The maximum Gasteiger partial charge on any atom is 0.202 e. The molecule has 6 nitrogen and oxygen atoms in total. The minimum Gasteiger partial charge on any atom is -0.385 e. The van der Waals surface area contributed by atoms with Gasteiger partial charge in [0.05, 0.1) is 5.69 Å². The van der Waals surface area contributed by atoms with Crippen molar-refractivity contribution in [3.05, 3.63) is 5.69 Å². The van der Waals surface area contributed by atoms with Crippen LogP contribution in [0.4, 0.5) is 5.95 Å². The second kappa shape index (κ2) is 4.37. The van der Waals surface area contributed by atoms with E-state index in [0.29, 0.717) is 12.6 Å². The Morgan fingerprint density at radius 3 is 2.82 bits per heavy atom. The summed E-state index contributed by atoms with van der Waals surface area (Å²) in [6, 6.07) is 0.245. The number of anilines is 1. The van der Waals surface area contributed by atoms with Crippen LogP contribution >= 0.6 is 0 Å². The molecule has 0 aromatic carbocycles. The number of hydrogen-bond acceptors (Lipinski definition) is 4. The normalized spacial score (nSPS) is 13.4. The van der Waals surface area contributed by atoms with Gasteiger partial charge < -0.3 is 10.5 Å². The van der Waals surface area contributed by atoms with E-state index in [9.17, 15) is 0 Å². The summed E-state index contributed by atoms with van der Waals surface area (Å²) in [5.41, 5.74) is 8.75. The Labute approximate surface area is 100 Å². The molecule has 1 atom stereocenters. The lowest BCUT2D eigenvalue weighted by atomic mass is 10.2. The van der Waals surface area contributed by atoms with Crippen molar-refractivity contribution in [2.45, 2.75) is 26.3 Å². The number of aryl methyl sites for hydroxylation is 2. The molecule has 0 aliphatic carbocycles. The van der Waals surface area contributed by atoms with Gasteiger partial charge in [0.15, 0.2) is 5.65 Å². The molecule has 2 heterocycles. The average Bonchev–Trinajstić information content (AvgIpc) is 2.74. The summed E-state index contributed by atoms with van der Waals surface area (Å²) in [5.74, 6) is 0.541. The van der Waals surface area contributed by atoms with Crippen molar-refractivity contribution in [1.29, 1.82) is 0 Å². The number of methoxy groups -OCH3 is 1. The van der Waals surface area contributed by atoms with Crippen LogP contribution in [-0.4, -0.2) is 33.0 Å². The fourth-order valence-electron chi connectivity index (χ4n) is 2.16. The number of nitrogens with zero attached hydrogens (tertiary/aromatic N) is 4. The Kier molecular flexibility index (Phi) is 3.06. The van der Waals surface area contributed by atoms with E-state index in [1.54, 1.807) is 7.11 Å². The first-order valence-electron chi connectivity index (χ1n) is 5.72. The van der Waals surface area contributed by atoms with E-state index < -0.39 is 0 Å². The highest BCUT2D eigenvalue weighted by Crippen LogP contribution is 2.25. The first-order chi connectivity index (χ1) is 8.06. The summed E-state index contributed by atoms with van der Waals surface area (Å²) < 4.78 is 8.95. The predicted molar refractivity (Wildman–Crippen MR) is 66.9 cm³/mol. The number of aromatic nitrogens is 4. The minimum absolute atomic E-state index is 0.245. The van der Waals surface area contributed by atoms with E-state index in [2.05, 4.69) is 17.0 Å². The summed E-state index contributed by atoms with van der Waals surface area (Å²) in [7, 11) is 3.61. The number of nitrogens with two attached hydrogens (primary N) is 1. The highest BCUT2D eigenvalue weighted by molar-refractivity contribution is 5.77. The largest absolute Gasteiger partial charge is 0.385 e. The smallest absolute Gasteiger partial charge is 0.202 e. The third-order valence-corrected chi connectivity index (χ3v) is 3.04. The van der Waals surface area contributed by atoms with E-state index in [4.69, 9.17) is 10.5 Å². The van der Waals surface area contributed by atoms with Crippen LogP contribution in [0.25, 0.3) is 11.2 Å². The Balaban J connectivity index is 2.48. The monoisotopic (exact) mass is 237 g/mol. The molecule has 2 aromatic heterocycles. The van der Waals surface area contributed by atoms with Crippen molar-refractivity contribution < 1.29 is 4.74 Å². The van der Waals surface area contributed by atoms with Gasteiger partial charge in [0.1, 0.15) is 5.52 Å². The highest BCUT2D eigenvalue weighted by atomic mass is 16.5. The van der Waals surface area contributed by atoms with Crippen LogP contribution in [0.5, 0.6) is 0 Å². The number of hydrogen-bond donors (Lipinski definition) is 1. The Morgan fingerprint density at radius 1 is 1.47 bits per heavy atom. The number of rotatable bonds is 4. The first kappa shape index (κ1) is 11.9. The van der Waals surface area contributed by atoms with Crippen LogP contribution in [0.1, 0.15) is 25.1 Å². The highest BCUT2D eigenvalue weighted by Gasteiger charge is 2.19.